The summed E-state index contributed by atoms with van der Waals surface area (Å²) in [6, 6.07) is 7.97. The zero-order chi connectivity index (χ0) is 15.4. The van der Waals surface area contributed by atoms with Gasteiger partial charge in [-0.15, -0.1) is 0 Å². The van der Waals surface area contributed by atoms with Crippen LogP contribution in [0.4, 0.5) is 0 Å². The molecule has 1 aliphatic carbocycles. The Morgan fingerprint density at radius 3 is 2.59 bits per heavy atom. The second-order valence-corrected chi connectivity index (χ2v) is 6.36. The van der Waals surface area contributed by atoms with E-state index in [9.17, 15) is 4.79 Å². The number of carbonyl (C=O) groups is 1. The maximum absolute atomic E-state index is 12.9. The molecule has 2 fully saturated rings. The third kappa shape index (κ3) is 2.98. The van der Waals surface area contributed by atoms with E-state index < -0.39 is 0 Å². The van der Waals surface area contributed by atoms with E-state index in [2.05, 4.69) is 5.32 Å². The lowest BCUT2D eigenvalue weighted by atomic mass is 9.78. The molecule has 1 atom stereocenters. The molecule has 0 aromatic heterocycles. The Labute approximate surface area is 132 Å². The van der Waals surface area contributed by atoms with Crippen molar-refractivity contribution in [3.63, 3.8) is 0 Å². The van der Waals surface area contributed by atoms with Crippen molar-refractivity contribution in [2.45, 2.75) is 50.0 Å². The standard InChI is InChI=1S/C18H25NO3/c1-21-15-8-6-14(7-9-15)18(10-2-3-11-18)17(20)19-13-16-5-4-12-22-16/h6-9,16H,2-5,10-13H2,1H3,(H,19,20)/t16-/m0/s1. The molecule has 4 heteroatoms. The normalized spacial score (nSPS) is 23.4. The SMILES string of the molecule is COc1ccc(C2(C(=O)NC[C@@H]3CCCO3)CCCC2)cc1. The second-order valence-electron chi connectivity index (χ2n) is 6.36. The number of ether oxygens (including phenoxy) is 2. The van der Waals surface area contributed by atoms with Crippen LogP contribution >= 0.6 is 0 Å². The van der Waals surface area contributed by atoms with Crippen molar-refractivity contribution in [2.24, 2.45) is 0 Å². The van der Waals surface area contributed by atoms with Crippen LogP contribution in [0.1, 0.15) is 44.1 Å². The van der Waals surface area contributed by atoms with E-state index in [4.69, 9.17) is 9.47 Å². The molecule has 0 bridgehead atoms. The number of rotatable bonds is 5. The Hall–Kier alpha value is -1.55. The molecule has 1 saturated heterocycles. The zero-order valence-corrected chi connectivity index (χ0v) is 13.3. The quantitative estimate of drug-likeness (QED) is 0.910. The van der Waals surface area contributed by atoms with E-state index in [-0.39, 0.29) is 17.4 Å². The maximum atomic E-state index is 12.9. The van der Waals surface area contributed by atoms with Gasteiger partial charge in [-0.05, 0) is 43.4 Å². The van der Waals surface area contributed by atoms with E-state index in [0.717, 1.165) is 56.4 Å². The molecule has 1 N–H and O–H groups in total. The van der Waals surface area contributed by atoms with E-state index in [1.165, 1.54) is 0 Å². The molecule has 1 aromatic carbocycles. The Morgan fingerprint density at radius 2 is 2.00 bits per heavy atom. The molecule has 1 aromatic rings. The van der Waals surface area contributed by atoms with Crippen LogP contribution in [0.15, 0.2) is 24.3 Å². The first kappa shape index (κ1) is 15.3. The van der Waals surface area contributed by atoms with E-state index in [1.807, 2.05) is 24.3 Å². The van der Waals surface area contributed by atoms with Gasteiger partial charge in [0.2, 0.25) is 5.91 Å². The average molecular weight is 303 g/mol. The predicted octanol–water partition coefficient (Wildman–Crippen LogP) is 2.80. The molecular weight excluding hydrogens is 278 g/mol. The molecule has 1 heterocycles. The van der Waals surface area contributed by atoms with Crippen molar-refractivity contribution >= 4 is 5.91 Å². The van der Waals surface area contributed by atoms with E-state index >= 15 is 0 Å². The van der Waals surface area contributed by atoms with Gasteiger partial charge < -0.3 is 14.8 Å². The highest BCUT2D eigenvalue weighted by Gasteiger charge is 2.42. The Kier molecular flexibility index (Phi) is 4.67. The molecule has 4 nitrogen and oxygen atoms in total. The van der Waals surface area contributed by atoms with Gasteiger partial charge in [0.25, 0.3) is 0 Å². The lowest BCUT2D eigenvalue weighted by Gasteiger charge is -2.29. The molecule has 3 rings (SSSR count). The molecule has 22 heavy (non-hydrogen) atoms. The van der Waals surface area contributed by atoms with Crippen LogP contribution in [-0.4, -0.2) is 32.3 Å². The average Bonchev–Trinajstić information content (AvgIpc) is 3.25. The minimum atomic E-state index is -0.370. The van der Waals surface area contributed by atoms with E-state index in [1.54, 1.807) is 7.11 Å². The van der Waals surface area contributed by atoms with Crippen LogP contribution in [0.5, 0.6) is 5.75 Å². The fraction of sp³-hybridized carbons (Fsp3) is 0.611. The Balaban J connectivity index is 1.73. The van der Waals surface area contributed by atoms with Gasteiger partial charge in [-0.3, -0.25) is 4.79 Å². The topological polar surface area (TPSA) is 47.6 Å². The minimum absolute atomic E-state index is 0.158. The van der Waals surface area contributed by atoms with Crippen molar-refractivity contribution in [3.8, 4) is 5.75 Å². The highest BCUT2D eigenvalue weighted by atomic mass is 16.5. The number of methoxy groups -OCH3 is 1. The lowest BCUT2D eigenvalue weighted by Crippen LogP contribution is -2.45. The molecular formula is C18H25NO3. The van der Waals surface area contributed by atoms with Crippen LogP contribution in [-0.2, 0) is 14.9 Å². The molecule has 1 amide bonds. The van der Waals surface area contributed by atoms with Crippen LogP contribution in [0.3, 0.4) is 0 Å². The number of amides is 1. The minimum Gasteiger partial charge on any atom is -0.497 e. The van der Waals surface area contributed by atoms with Gasteiger partial charge in [0.1, 0.15) is 5.75 Å². The zero-order valence-electron chi connectivity index (χ0n) is 13.3. The summed E-state index contributed by atoms with van der Waals surface area (Å²) in [4.78, 5) is 12.9. The summed E-state index contributed by atoms with van der Waals surface area (Å²) in [6.07, 6.45) is 6.42. The highest BCUT2D eigenvalue weighted by Crippen LogP contribution is 2.41. The van der Waals surface area contributed by atoms with Gasteiger partial charge in [0, 0.05) is 13.2 Å². The summed E-state index contributed by atoms with van der Waals surface area (Å²) >= 11 is 0. The lowest BCUT2D eigenvalue weighted by molar-refractivity contribution is -0.127. The van der Waals surface area contributed by atoms with Gasteiger partial charge in [-0.1, -0.05) is 25.0 Å². The summed E-state index contributed by atoms with van der Waals surface area (Å²) in [5.41, 5.74) is 0.737. The Morgan fingerprint density at radius 1 is 1.27 bits per heavy atom. The van der Waals surface area contributed by atoms with Gasteiger partial charge in [-0.2, -0.15) is 0 Å². The van der Waals surface area contributed by atoms with E-state index in [0.29, 0.717) is 6.54 Å². The molecule has 0 unspecified atom stereocenters. The molecule has 1 saturated carbocycles. The van der Waals surface area contributed by atoms with Crippen LogP contribution in [0.25, 0.3) is 0 Å². The maximum Gasteiger partial charge on any atom is 0.230 e. The first-order chi connectivity index (χ1) is 10.7. The summed E-state index contributed by atoms with van der Waals surface area (Å²) in [5, 5.41) is 3.14. The summed E-state index contributed by atoms with van der Waals surface area (Å²) in [6.45, 7) is 1.46. The first-order valence-corrected chi connectivity index (χ1v) is 8.29. The second kappa shape index (κ2) is 6.69. The number of hydrogen-bond acceptors (Lipinski definition) is 3. The van der Waals surface area contributed by atoms with Gasteiger partial charge in [-0.25, -0.2) is 0 Å². The number of benzene rings is 1. The van der Waals surface area contributed by atoms with Gasteiger partial charge in [0.15, 0.2) is 0 Å². The molecule has 1 aliphatic heterocycles. The third-order valence-electron chi connectivity index (χ3n) is 5.05. The molecule has 0 spiro atoms. The van der Waals surface area contributed by atoms with Crippen molar-refractivity contribution in [2.75, 3.05) is 20.3 Å². The van der Waals surface area contributed by atoms with Crippen molar-refractivity contribution in [1.29, 1.82) is 0 Å². The first-order valence-electron chi connectivity index (χ1n) is 8.29. The predicted molar refractivity (Wildman–Crippen MR) is 85.1 cm³/mol. The fourth-order valence-electron chi connectivity index (χ4n) is 3.72. The van der Waals surface area contributed by atoms with Crippen molar-refractivity contribution in [3.05, 3.63) is 29.8 Å². The summed E-state index contributed by atoms with van der Waals surface area (Å²) < 4.78 is 10.8. The largest absolute Gasteiger partial charge is 0.497 e. The number of hydrogen-bond donors (Lipinski definition) is 1. The summed E-state index contributed by atoms with van der Waals surface area (Å²) in [5.74, 6) is 0.988. The smallest absolute Gasteiger partial charge is 0.230 e. The molecule has 0 radical (unpaired) electrons. The molecule has 120 valence electrons. The summed E-state index contributed by atoms with van der Waals surface area (Å²) in [7, 11) is 1.66. The van der Waals surface area contributed by atoms with Gasteiger partial charge >= 0.3 is 0 Å². The number of nitrogens with one attached hydrogen (secondary N) is 1. The van der Waals surface area contributed by atoms with Crippen molar-refractivity contribution in [1.82, 2.24) is 5.32 Å². The van der Waals surface area contributed by atoms with Gasteiger partial charge in [0.05, 0.1) is 18.6 Å². The molecule has 2 aliphatic rings. The third-order valence-corrected chi connectivity index (χ3v) is 5.05. The van der Waals surface area contributed by atoms with Crippen LogP contribution < -0.4 is 10.1 Å². The monoisotopic (exact) mass is 303 g/mol. The fourth-order valence-corrected chi connectivity index (χ4v) is 3.72. The highest BCUT2D eigenvalue weighted by molar-refractivity contribution is 5.88. The van der Waals surface area contributed by atoms with Crippen LogP contribution in [0, 0.1) is 0 Å². The number of carbonyl (C=O) groups excluding carboxylic acids is 1. The Bertz CT molecular complexity index is 500. The van der Waals surface area contributed by atoms with Crippen LogP contribution in [0.2, 0.25) is 0 Å². The van der Waals surface area contributed by atoms with Crippen molar-refractivity contribution < 1.29 is 14.3 Å².